The summed E-state index contributed by atoms with van der Waals surface area (Å²) in [6, 6.07) is 8.12. The van der Waals surface area contributed by atoms with Gasteiger partial charge in [-0.15, -0.1) is 0 Å². The lowest BCUT2D eigenvalue weighted by molar-refractivity contribution is -0.118. The van der Waals surface area contributed by atoms with Gasteiger partial charge in [-0.25, -0.2) is 0 Å². The van der Waals surface area contributed by atoms with Gasteiger partial charge in [-0.05, 0) is 24.5 Å². The highest BCUT2D eigenvalue weighted by atomic mass is 16.2. The molecule has 0 aliphatic carbocycles. The highest BCUT2D eigenvalue weighted by molar-refractivity contribution is 5.94. The molecular weight excluding hydrogens is 162 g/mol. The Morgan fingerprint density at radius 3 is 2.85 bits per heavy atom. The summed E-state index contributed by atoms with van der Waals surface area (Å²) in [5, 5.41) is 0. The molecule has 2 nitrogen and oxygen atoms in total. The molecule has 1 aliphatic heterocycles. The van der Waals surface area contributed by atoms with Gasteiger partial charge in [0.15, 0.2) is 0 Å². The molecule has 13 heavy (non-hydrogen) atoms. The van der Waals surface area contributed by atoms with Crippen molar-refractivity contribution in [2.24, 2.45) is 0 Å². The number of benzene rings is 1. The van der Waals surface area contributed by atoms with Crippen molar-refractivity contribution in [3.05, 3.63) is 29.8 Å². The maximum absolute atomic E-state index is 11.5. The number of carbonyl (C=O) groups excluding carboxylic acids is 1. The van der Waals surface area contributed by atoms with Gasteiger partial charge < -0.3 is 4.90 Å². The summed E-state index contributed by atoms with van der Waals surface area (Å²) in [4.78, 5) is 13.3. The Bertz CT molecular complexity index is 333. The van der Waals surface area contributed by atoms with Crippen LogP contribution < -0.4 is 4.90 Å². The van der Waals surface area contributed by atoms with E-state index < -0.39 is 0 Å². The Labute approximate surface area is 78.2 Å². The Morgan fingerprint density at radius 2 is 2.00 bits per heavy atom. The molecule has 0 aromatic heterocycles. The standard InChI is InChI=1S/C11H13NO/c1-12-10-7-3-2-5-9(10)6-4-8-11(12)13/h2-3,5,7H,4,6,8H2,1H3. The van der Waals surface area contributed by atoms with Crippen LogP contribution in [-0.4, -0.2) is 13.0 Å². The minimum atomic E-state index is 0.227. The molecular formula is C11H13NO. The zero-order chi connectivity index (χ0) is 9.26. The molecule has 68 valence electrons. The first-order valence-electron chi connectivity index (χ1n) is 4.63. The van der Waals surface area contributed by atoms with Crippen molar-refractivity contribution in [1.29, 1.82) is 0 Å². The lowest BCUT2D eigenvalue weighted by atomic mass is 10.1. The second-order valence-electron chi connectivity index (χ2n) is 3.44. The fourth-order valence-corrected chi connectivity index (χ4v) is 1.78. The first-order chi connectivity index (χ1) is 6.29. The fraction of sp³-hybridized carbons (Fsp3) is 0.364. The van der Waals surface area contributed by atoms with E-state index in [0.717, 1.165) is 18.5 Å². The van der Waals surface area contributed by atoms with Crippen molar-refractivity contribution in [2.75, 3.05) is 11.9 Å². The lowest BCUT2D eigenvalue weighted by Crippen LogP contribution is -2.24. The monoisotopic (exact) mass is 175 g/mol. The Balaban J connectivity index is 2.46. The molecule has 1 aromatic rings. The quantitative estimate of drug-likeness (QED) is 0.590. The van der Waals surface area contributed by atoms with Crippen molar-refractivity contribution in [3.63, 3.8) is 0 Å². The average molecular weight is 175 g/mol. The molecule has 0 N–H and O–H groups in total. The molecule has 1 amide bonds. The van der Waals surface area contributed by atoms with Gasteiger partial charge in [-0.2, -0.15) is 0 Å². The van der Waals surface area contributed by atoms with Gasteiger partial charge in [-0.3, -0.25) is 4.79 Å². The van der Waals surface area contributed by atoms with Crippen LogP contribution in [0, 0.1) is 0 Å². The van der Waals surface area contributed by atoms with Crippen molar-refractivity contribution in [2.45, 2.75) is 19.3 Å². The van der Waals surface area contributed by atoms with Gasteiger partial charge in [-0.1, -0.05) is 18.2 Å². The second-order valence-corrected chi connectivity index (χ2v) is 3.44. The molecule has 0 bridgehead atoms. The number of nitrogens with zero attached hydrogens (tertiary/aromatic N) is 1. The van der Waals surface area contributed by atoms with Crippen LogP contribution in [0.15, 0.2) is 24.3 Å². The molecule has 2 rings (SSSR count). The van der Waals surface area contributed by atoms with Gasteiger partial charge in [0.05, 0.1) is 0 Å². The molecule has 0 unspecified atom stereocenters. The van der Waals surface area contributed by atoms with Crippen LogP contribution in [0.25, 0.3) is 0 Å². The van der Waals surface area contributed by atoms with Crippen molar-refractivity contribution >= 4 is 11.6 Å². The maximum atomic E-state index is 11.5. The highest BCUT2D eigenvalue weighted by Gasteiger charge is 2.17. The van der Waals surface area contributed by atoms with E-state index in [0.29, 0.717) is 6.42 Å². The van der Waals surface area contributed by atoms with Crippen LogP contribution in [0.2, 0.25) is 0 Å². The minimum Gasteiger partial charge on any atom is -0.315 e. The Kier molecular flexibility index (Phi) is 2.05. The third-order valence-electron chi connectivity index (χ3n) is 2.56. The molecule has 1 aromatic carbocycles. The van der Waals surface area contributed by atoms with Crippen molar-refractivity contribution < 1.29 is 4.79 Å². The van der Waals surface area contributed by atoms with Crippen molar-refractivity contribution in [3.8, 4) is 0 Å². The number of hydrogen-bond donors (Lipinski definition) is 0. The van der Waals surface area contributed by atoms with Gasteiger partial charge in [0.25, 0.3) is 0 Å². The number of aryl methyl sites for hydroxylation is 1. The Hall–Kier alpha value is -1.31. The van der Waals surface area contributed by atoms with Crippen LogP contribution in [-0.2, 0) is 11.2 Å². The maximum Gasteiger partial charge on any atom is 0.226 e. The average Bonchev–Trinajstić information content (AvgIpc) is 2.29. The van der Waals surface area contributed by atoms with E-state index in [2.05, 4.69) is 6.07 Å². The summed E-state index contributed by atoms with van der Waals surface area (Å²) in [5.74, 6) is 0.227. The molecule has 1 aliphatic rings. The van der Waals surface area contributed by atoms with Gasteiger partial charge in [0.1, 0.15) is 0 Å². The zero-order valence-electron chi connectivity index (χ0n) is 7.79. The molecule has 2 heteroatoms. The topological polar surface area (TPSA) is 20.3 Å². The molecule has 0 fully saturated rings. The largest absolute Gasteiger partial charge is 0.315 e. The third kappa shape index (κ3) is 1.44. The van der Waals surface area contributed by atoms with Crippen LogP contribution in [0.1, 0.15) is 18.4 Å². The minimum absolute atomic E-state index is 0.227. The van der Waals surface area contributed by atoms with Crippen LogP contribution in [0.4, 0.5) is 5.69 Å². The summed E-state index contributed by atoms with van der Waals surface area (Å²) in [6.07, 6.45) is 2.66. The summed E-state index contributed by atoms with van der Waals surface area (Å²) in [7, 11) is 1.85. The first-order valence-corrected chi connectivity index (χ1v) is 4.63. The second kappa shape index (κ2) is 3.21. The number of anilines is 1. The van der Waals surface area contributed by atoms with E-state index in [1.165, 1.54) is 5.56 Å². The van der Waals surface area contributed by atoms with E-state index in [1.807, 2.05) is 25.2 Å². The predicted octanol–water partition coefficient (Wildman–Crippen LogP) is 1.99. The van der Waals surface area contributed by atoms with Crippen LogP contribution in [0.5, 0.6) is 0 Å². The lowest BCUT2D eigenvalue weighted by Gasteiger charge is -2.16. The van der Waals surface area contributed by atoms with E-state index in [4.69, 9.17) is 0 Å². The molecule has 0 atom stereocenters. The smallest absolute Gasteiger partial charge is 0.226 e. The number of carbonyl (C=O) groups is 1. The highest BCUT2D eigenvalue weighted by Crippen LogP contribution is 2.24. The van der Waals surface area contributed by atoms with Crippen LogP contribution >= 0.6 is 0 Å². The summed E-state index contributed by atoms with van der Waals surface area (Å²) in [6.45, 7) is 0. The van der Waals surface area contributed by atoms with E-state index in [1.54, 1.807) is 4.90 Å². The number of hydrogen-bond acceptors (Lipinski definition) is 1. The van der Waals surface area contributed by atoms with Crippen molar-refractivity contribution in [1.82, 2.24) is 0 Å². The first kappa shape index (κ1) is 8.30. The zero-order valence-corrected chi connectivity index (χ0v) is 7.79. The van der Waals surface area contributed by atoms with Gasteiger partial charge in [0, 0.05) is 19.2 Å². The number of rotatable bonds is 0. The van der Waals surface area contributed by atoms with Gasteiger partial charge >= 0.3 is 0 Å². The van der Waals surface area contributed by atoms with Gasteiger partial charge in [0.2, 0.25) is 5.91 Å². The number of para-hydroxylation sites is 1. The normalized spacial score (nSPS) is 16.7. The molecule has 0 saturated carbocycles. The fourth-order valence-electron chi connectivity index (χ4n) is 1.78. The summed E-state index contributed by atoms with van der Waals surface area (Å²) < 4.78 is 0. The molecule has 1 heterocycles. The summed E-state index contributed by atoms with van der Waals surface area (Å²) in [5.41, 5.74) is 2.36. The summed E-state index contributed by atoms with van der Waals surface area (Å²) >= 11 is 0. The van der Waals surface area contributed by atoms with E-state index in [-0.39, 0.29) is 5.91 Å². The van der Waals surface area contributed by atoms with E-state index >= 15 is 0 Å². The SMILES string of the molecule is CN1C(=O)CCCc2ccccc21. The Morgan fingerprint density at radius 1 is 1.23 bits per heavy atom. The third-order valence-corrected chi connectivity index (χ3v) is 2.56. The predicted molar refractivity (Wildman–Crippen MR) is 52.8 cm³/mol. The molecule has 0 saturated heterocycles. The van der Waals surface area contributed by atoms with Crippen LogP contribution in [0.3, 0.4) is 0 Å². The van der Waals surface area contributed by atoms with E-state index in [9.17, 15) is 4.79 Å². The molecule has 0 spiro atoms. The number of fused-ring (bicyclic) bond motifs is 1. The molecule has 0 radical (unpaired) electrons. The number of amides is 1.